The molecule has 0 bridgehead atoms. The minimum Gasteiger partial charge on any atom is -0.755 e. The Labute approximate surface area is 213 Å². The third-order valence-electron chi connectivity index (χ3n) is 6.06. The molecule has 36 heavy (non-hydrogen) atoms. The van der Waals surface area contributed by atoms with E-state index in [2.05, 4.69) is 19.1 Å². The Morgan fingerprint density at radius 1 is 0.944 bits per heavy atom. The van der Waals surface area contributed by atoms with E-state index in [4.69, 9.17) is 9.84 Å². The summed E-state index contributed by atoms with van der Waals surface area (Å²) in [4.78, 5) is 12.4. The first-order valence-electron chi connectivity index (χ1n) is 11.7. The van der Waals surface area contributed by atoms with Gasteiger partial charge in [-0.2, -0.15) is 5.10 Å². The molecule has 0 aliphatic rings. The second kappa shape index (κ2) is 11.3. The summed E-state index contributed by atoms with van der Waals surface area (Å²) >= 11 is -2.74. The summed E-state index contributed by atoms with van der Waals surface area (Å²) in [6.45, 7) is 5.96. The van der Waals surface area contributed by atoms with Crippen molar-refractivity contribution in [2.24, 2.45) is 0 Å². The van der Waals surface area contributed by atoms with Crippen LogP contribution in [-0.4, -0.2) is 35.5 Å². The van der Waals surface area contributed by atoms with Crippen molar-refractivity contribution >= 4 is 17.4 Å². The van der Waals surface area contributed by atoms with Gasteiger partial charge in [0, 0.05) is 24.2 Å². The first-order chi connectivity index (χ1) is 17.3. The van der Waals surface area contributed by atoms with Gasteiger partial charge in [-0.15, -0.1) is 0 Å². The molecule has 0 saturated heterocycles. The molecule has 4 aromatic rings. The number of amides is 1. The van der Waals surface area contributed by atoms with Crippen LogP contribution in [0.5, 0.6) is 5.75 Å². The number of ether oxygens (including phenoxy) is 1. The molecule has 1 amide bonds. The van der Waals surface area contributed by atoms with Gasteiger partial charge in [-0.1, -0.05) is 60.2 Å². The molecule has 7 nitrogen and oxygen atoms in total. The number of hydrogen-bond donors (Lipinski definition) is 0. The molecule has 8 heteroatoms. The van der Waals surface area contributed by atoms with Gasteiger partial charge in [0.15, 0.2) is 0 Å². The van der Waals surface area contributed by atoms with Gasteiger partial charge in [-0.3, -0.25) is 4.21 Å². The van der Waals surface area contributed by atoms with Gasteiger partial charge >= 0.3 is 6.09 Å². The molecule has 3 aromatic carbocycles. The molecule has 0 N–H and O–H groups in total. The minimum atomic E-state index is -2.74. The van der Waals surface area contributed by atoms with Crippen LogP contribution in [0.25, 0.3) is 5.69 Å². The second-order valence-corrected chi connectivity index (χ2v) is 9.52. The van der Waals surface area contributed by atoms with Gasteiger partial charge in [-0.25, -0.2) is 13.8 Å². The highest BCUT2D eigenvalue weighted by atomic mass is 32.2. The molecular weight excluding hydrogens is 474 g/mol. The van der Waals surface area contributed by atoms with E-state index < -0.39 is 17.4 Å². The van der Waals surface area contributed by atoms with Crippen LogP contribution in [-0.2, 0) is 24.1 Å². The zero-order valence-corrected chi connectivity index (χ0v) is 21.3. The SMILES string of the molecule is Cc1ccc(OC(=O)N(CCc2ccc(-n3nc(C)c(Cc4ccccc4)c3C)cc2)S(=O)[O-])cc1. The Bertz CT molecular complexity index is 1350. The number of nitrogens with zero attached hydrogens (tertiary/aromatic N) is 3. The summed E-state index contributed by atoms with van der Waals surface area (Å²) in [6.07, 6.45) is 0.239. The van der Waals surface area contributed by atoms with E-state index in [-0.39, 0.29) is 6.54 Å². The highest BCUT2D eigenvalue weighted by Gasteiger charge is 2.18. The Morgan fingerprint density at radius 2 is 1.61 bits per heavy atom. The van der Waals surface area contributed by atoms with Crippen LogP contribution >= 0.6 is 0 Å². The summed E-state index contributed by atoms with van der Waals surface area (Å²) in [7, 11) is 0. The Morgan fingerprint density at radius 3 is 2.25 bits per heavy atom. The molecule has 0 saturated carbocycles. The summed E-state index contributed by atoms with van der Waals surface area (Å²) in [6, 6.07) is 24.9. The van der Waals surface area contributed by atoms with Crippen molar-refractivity contribution in [3.8, 4) is 11.4 Å². The highest BCUT2D eigenvalue weighted by molar-refractivity contribution is 7.77. The Kier molecular flexibility index (Phi) is 7.97. The van der Waals surface area contributed by atoms with E-state index in [9.17, 15) is 13.6 Å². The number of aryl methyl sites for hydroxylation is 2. The lowest BCUT2D eigenvalue weighted by molar-refractivity contribution is 0.178. The average molecular weight is 503 g/mol. The van der Waals surface area contributed by atoms with Gasteiger partial charge in [0.2, 0.25) is 0 Å². The molecule has 186 valence electrons. The lowest BCUT2D eigenvalue weighted by Gasteiger charge is -2.23. The van der Waals surface area contributed by atoms with Crippen molar-refractivity contribution in [3.63, 3.8) is 0 Å². The predicted molar refractivity (Wildman–Crippen MR) is 139 cm³/mol. The lowest BCUT2D eigenvalue weighted by atomic mass is 10.0. The van der Waals surface area contributed by atoms with Crippen molar-refractivity contribution in [2.45, 2.75) is 33.6 Å². The zero-order valence-electron chi connectivity index (χ0n) is 20.5. The third-order valence-corrected chi connectivity index (χ3v) is 6.75. The Balaban J connectivity index is 1.42. The third kappa shape index (κ3) is 6.08. The molecule has 0 fully saturated rings. The fourth-order valence-corrected chi connectivity index (χ4v) is 4.40. The number of benzene rings is 3. The molecule has 4 rings (SSSR count). The summed E-state index contributed by atoms with van der Waals surface area (Å²) < 4.78 is 31.1. The number of hydrogen-bond acceptors (Lipinski definition) is 5. The summed E-state index contributed by atoms with van der Waals surface area (Å²) in [5, 5.41) is 4.74. The van der Waals surface area contributed by atoms with Crippen LogP contribution in [0.1, 0.15) is 33.6 Å². The van der Waals surface area contributed by atoms with Crippen molar-refractivity contribution in [2.75, 3.05) is 6.54 Å². The van der Waals surface area contributed by atoms with Crippen LogP contribution in [0.15, 0.2) is 78.9 Å². The fraction of sp³-hybridized carbons (Fsp3) is 0.214. The van der Waals surface area contributed by atoms with Gasteiger partial charge < -0.3 is 9.29 Å². The minimum absolute atomic E-state index is 0.0265. The first kappa shape index (κ1) is 25.3. The van der Waals surface area contributed by atoms with Crippen molar-refractivity contribution < 1.29 is 18.3 Å². The number of rotatable bonds is 8. The maximum atomic E-state index is 12.4. The molecule has 1 aromatic heterocycles. The van der Waals surface area contributed by atoms with Crippen LogP contribution in [0.4, 0.5) is 4.79 Å². The van der Waals surface area contributed by atoms with Crippen molar-refractivity contribution in [3.05, 3.63) is 113 Å². The highest BCUT2D eigenvalue weighted by Crippen LogP contribution is 2.22. The maximum Gasteiger partial charge on any atom is 0.426 e. The quantitative estimate of drug-likeness (QED) is 0.308. The number of carbonyl (C=O) groups excluding carboxylic acids is 1. The molecular formula is C28H28N3O4S-. The lowest BCUT2D eigenvalue weighted by Crippen LogP contribution is -2.36. The molecule has 1 heterocycles. The van der Waals surface area contributed by atoms with E-state index in [0.29, 0.717) is 16.5 Å². The normalized spacial score (nSPS) is 11.8. The fourth-order valence-electron chi connectivity index (χ4n) is 4.00. The van der Waals surface area contributed by atoms with Gasteiger partial charge in [0.25, 0.3) is 0 Å². The molecule has 1 atom stereocenters. The van der Waals surface area contributed by atoms with Crippen LogP contribution < -0.4 is 4.74 Å². The van der Waals surface area contributed by atoms with Crippen LogP contribution in [0.3, 0.4) is 0 Å². The van der Waals surface area contributed by atoms with E-state index in [1.165, 1.54) is 11.1 Å². The summed E-state index contributed by atoms with van der Waals surface area (Å²) in [5.74, 6) is 0.293. The molecule has 0 aliphatic heterocycles. The predicted octanol–water partition coefficient (Wildman–Crippen LogP) is 5.23. The second-order valence-electron chi connectivity index (χ2n) is 8.64. The van der Waals surface area contributed by atoms with E-state index >= 15 is 0 Å². The molecule has 0 radical (unpaired) electrons. The summed E-state index contributed by atoms with van der Waals surface area (Å²) in [5.41, 5.74) is 7.32. The average Bonchev–Trinajstić information content (AvgIpc) is 3.15. The van der Waals surface area contributed by atoms with E-state index in [1.54, 1.807) is 24.3 Å². The van der Waals surface area contributed by atoms with Crippen LogP contribution in [0, 0.1) is 20.8 Å². The van der Waals surface area contributed by atoms with Crippen molar-refractivity contribution in [1.29, 1.82) is 0 Å². The molecule has 0 spiro atoms. The topological polar surface area (TPSA) is 87.5 Å². The first-order valence-corrected chi connectivity index (χ1v) is 12.7. The Hall–Kier alpha value is -3.75. The van der Waals surface area contributed by atoms with E-state index in [0.717, 1.165) is 34.6 Å². The zero-order chi connectivity index (χ0) is 25.7. The van der Waals surface area contributed by atoms with Crippen molar-refractivity contribution in [1.82, 2.24) is 14.1 Å². The number of carbonyl (C=O) groups is 1. The largest absolute Gasteiger partial charge is 0.755 e. The monoisotopic (exact) mass is 502 g/mol. The number of aromatic nitrogens is 2. The maximum absolute atomic E-state index is 12.4. The van der Waals surface area contributed by atoms with Gasteiger partial charge in [0.05, 0.1) is 22.6 Å². The molecule has 1 unspecified atom stereocenters. The smallest absolute Gasteiger partial charge is 0.426 e. The standard InChI is InChI=1S/C28H29N3O4S/c1-20-9-15-26(16-10-20)35-28(32)30(36(33)34)18-17-23-11-13-25(14-12-23)31-22(3)27(21(2)29-31)19-24-7-5-4-6-8-24/h4-16H,17-19H2,1-3H3,(H,33,34)/p-1. The van der Waals surface area contributed by atoms with E-state index in [1.807, 2.05) is 61.0 Å². The molecule has 0 aliphatic carbocycles. The van der Waals surface area contributed by atoms with Gasteiger partial charge in [0.1, 0.15) is 5.75 Å². The van der Waals surface area contributed by atoms with Crippen LogP contribution in [0.2, 0.25) is 0 Å². The van der Waals surface area contributed by atoms with Gasteiger partial charge in [-0.05, 0) is 62.6 Å².